The van der Waals surface area contributed by atoms with Gasteiger partial charge in [0.15, 0.2) is 0 Å². The molecule has 2 aliphatic heterocycles. The number of piperazine rings is 1. The Morgan fingerprint density at radius 2 is 1.77 bits per heavy atom. The molecule has 0 saturated carbocycles. The molecule has 202 valence electrons. The lowest BCUT2D eigenvalue weighted by atomic mass is 10.1. The molecule has 0 radical (unpaired) electrons. The lowest BCUT2D eigenvalue weighted by molar-refractivity contribution is -0.137. The maximum absolute atomic E-state index is 13.4. The highest BCUT2D eigenvalue weighted by atomic mass is 32.2. The molecule has 1 unspecified atom stereocenters. The molecule has 0 aromatic heterocycles. The van der Waals surface area contributed by atoms with Crippen LogP contribution in [0.1, 0.15) is 34.0 Å². The third-order valence-corrected chi connectivity index (χ3v) is 8.16. The van der Waals surface area contributed by atoms with Gasteiger partial charge in [0, 0.05) is 48.9 Å². The zero-order valence-electron chi connectivity index (χ0n) is 21.8. The first-order chi connectivity index (χ1) is 18.5. The van der Waals surface area contributed by atoms with Crippen LogP contribution < -0.4 is 9.80 Å². The lowest BCUT2D eigenvalue weighted by Crippen LogP contribution is -2.53. The van der Waals surface area contributed by atoms with Gasteiger partial charge in [-0.05, 0) is 73.5 Å². The molecule has 0 bridgehead atoms. The number of amides is 2. The molecule has 0 aliphatic carbocycles. The van der Waals surface area contributed by atoms with Crippen LogP contribution in [0, 0.1) is 6.92 Å². The number of hydrogen-bond acceptors (Lipinski definition) is 4. The number of fused-ring (bicyclic) bond motifs is 1. The van der Waals surface area contributed by atoms with Gasteiger partial charge in [-0.3, -0.25) is 9.59 Å². The summed E-state index contributed by atoms with van der Waals surface area (Å²) >= 11 is 1.24. The summed E-state index contributed by atoms with van der Waals surface area (Å²) in [6, 6.07) is 18.5. The van der Waals surface area contributed by atoms with E-state index in [1.165, 1.54) is 34.4 Å². The van der Waals surface area contributed by atoms with Crippen molar-refractivity contribution in [3.63, 3.8) is 0 Å². The molecular formula is C30H28F3N3O2S. The van der Waals surface area contributed by atoms with Crippen LogP contribution in [0.25, 0.3) is 6.08 Å². The number of carbonyl (C=O) groups excluding carboxylic acids is 2. The SMILES string of the molecule is Cc1cccc(N2CCN(C(=O)c3ccc4c(c3)N(C)C(=O)/C(=C/c3ccc(C(F)(F)F)cc3)S4)CC2C)c1. The van der Waals surface area contributed by atoms with Crippen molar-refractivity contribution in [1.82, 2.24) is 4.90 Å². The fourth-order valence-corrected chi connectivity index (χ4v) is 6.05. The second-order valence-electron chi connectivity index (χ2n) is 9.91. The summed E-state index contributed by atoms with van der Waals surface area (Å²) in [4.78, 5) is 33.4. The summed E-state index contributed by atoms with van der Waals surface area (Å²) < 4.78 is 38.6. The predicted molar refractivity (Wildman–Crippen MR) is 149 cm³/mol. The largest absolute Gasteiger partial charge is 0.416 e. The second kappa shape index (κ2) is 10.4. The maximum atomic E-state index is 13.4. The van der Waals surface area contributed by atoms with E-state index in [1.807, 2.05) is 17.0 Å². The standard InChI is InChI=1S/C30H28F3N3O2S/c1-19-5-4-6-24(15-19)36-14-13-35(18-20(36)2)28(37)22-9-12-26-25(17-22)34(3)29(38)27(39-26)16-21-7-10-23(11-8-21)30(31,32)33/h4-12,15-17,20H,13-14,18H2,1-3H3/b27-16-. The average Bonchev–Trinajstić information content (AvgIpc) is 2.91. The van der Waals surface area contributed by atoms with Gasteiger partial charge >= 0.3 is 6.18 Å². The molecule has 5 nitrogen and oxygen atoms in total. The highest BCUT2D eigenvalue weighted by molar-refractivity contribution is 8.04. The Morgan fingerprint density at radius 1 is 1.03 bits per heavy atom. The Kier molecular flexibility index (Phi) is 7.20. The lowest BCUT2D eigenvalue weighted by Gasteiger charge is -2.41. The average molecular weight is 552 g/mol. The number of benzene rings is 3. The molecule has 2 heterocycles. The predicted octanol–water partition coefficient (Wildman–Crippen LogP) is 6.47. The first-order valence-corrected chi connectivity index (χ1v) is 13.4. The van der Waals surface area contributed by atoms with E-state index in [4.69, 9.17) is 0 Å². The monoisotopic (exact) mass is 551 g/mol. The molecule has 3 aromatic carbocycles. The van der Waals surface area contributed by atoms with Gasteiger partial charge in [0.1, 0.15) is 0 Å². The number of thioether (sulfide) groups is 1. The van der Waals surface area contributed by atoms with E-state index >= 15 is 0 Å². The van der Waals surface area contributed by atoms with Crippen molar-refractivity contribution in [3.05, 3.63) is 93.9 Å². The van der Waals surface area contributed by atoms with Crippen LogP contribution in [-0.2, 0) is 11.0 Å². The van der Waals surface area contributed by atoms with Crippen LogP contribution in [0.15, 0.2) is 76.5 Å². The van der Waals surface area contributed by atoms with Crippen molar-refractivity contribution in [2.24, 2.45) is 0 Å². The minimum absolute atomic E-state index is 0.0783. The van der Waals surface area contributed by atoms with E-state index in [9.17, 15) is 22.8 Å². The zero-order valence-corrected chi connectivity index (χ0v) is 22.6. The topological polar surface area (TPSA) is 43.9 Å². The number of nitrogens with zero attached hydrogens (tertiary/aromatic N) is 3. The highest BCUT2D eigenvalue weighted by Crippen LogP contribution is 2.42. The summed E-state index contributed by atoms with van der Waals surface area (Å²) in [6.07, 6.45) is -2.83. The first kappa shape index (κ1) is 26.9. The summed E-state index contributed by atoms with van der Waals surface area (Å²) in [5.74, 6) is -0.358. The minimum atomic E-state index is -4.41. The van der Waals surface area contributed by atoms with E-state index in [1.54, 1.807) is 25.3 Å². The molecule has 0 spiro atoms. The van der Waals surface area contributed by atoms with E-state index in [0.717, 1.165) is 29.3 Å². The molecular weight excluding hydrogens is 523 g/mol. The Balaban J connectivity index is 1.31. The zero-order chi connectivity index (χ0) is 27.9. The van der Waals surface area contributed by atoms with Crippen molar-refractivity contribution < 1.29 is 22.8 Å². The summed E-state index contributed by atoms with van der Waals surface area (Å²) in [6.45, 7) is 6.10. The number of carbonyl (C=O) groups is 2. The number of anilines is 2. The van der Waals surface area contributed by atoms with Crippen LogP contribution in [-0.4, -0.2) is 49.4 Å². The normalized spacial score (nSPS) is 18.9. The van der Waals surface area contributed by atoms with Crippen molar-refractivity contribution in [1.29, 1.82) is 0 Å². The molecule has 0 N–H and O–H groups in total. The van der Waals surface area contributed by atoms with Gasteiger partial charge in [-0.2, -0.15) is 13.2 Å². The number of rotatable bonds is 3. The highest BCUT2D eigenvalue weighted by Gasteiger charge is 2.32. The minimum Gasteiger partial charge on any atom is -0.365 e. The van der Waals surface area contributed by atoms with Crippen LogP contribution in [0.3, 0.4) is 0 Å². The van der Waals surface area contributed by atoms with Crippen LogP contribution >= 0.6 is 11.8 Å². The summed E-state index contributed by atoms with van der Waals surface area (Å²) in [5, 5.41) is 0. The molecule has 3 aromatic rings. The van der Waals surface area contributed by atoms with Gasteiger partial charge in [-0.1, -0.05) is 36.0 Å². The quantitative estimate of drug-likeness (QED) is 0.350. The van der Waals surface area contributed by atoms with Gasteiger partial charge in [0.25, 0.3) is 11.8 Å². The van der Waals surface area contributed by atoms with Gasteiger partial charge in [-0.25, -0.2) is 0 Å². The molecule has 1 fully saturated rings. The van der Waals surface area contributed by atoms with E-state index in [0.29, 0.717) is 34.8 Å². The smallest absolute Gasteiger partial charge is 0.365 e. The Morgan fingerprint density at radius 3 is 2.44 bits per heavy atom. The van der Waals surface area contributed by atoms with Crippen molar-refractivity contribution >= 4 is 41.0 Å². The van der Waals surface area contributed by atoms with Crippen molar-refractivity contribution in [2.75, 3.05) is 36.5 Å². The third-order valence-electron chi connectivity index (χ3n) is 7.09. The number of alkyl halides is 3. The van der Waals surface area contributed by atoms with E-state index in [2.05, 4.69) is 36.9 Å². The molecule has 1 saturated heterocycles. The molecule has 2 amide bonds. The van der Waals surface area contributed by atoms with Crippen molar-refractivity contribution in [2.45, 2.75) is 31.0 Å². The van der Waals surface area contributed by atoms with Crippen molar-refractivity contribution in [3.8, 4) is 0 Å². The maximum Gasteiger partial charge on any atom is 0.416 e. The van der Waals surface area contributed by atoms with Gasteiger partial charge in [-0.15, -0.1) is 0 Å². The number of halogens is 3. The summed E-state index contributed by atoms with van der Waals surface area (Å²) in [7, 11) is 1.64. The molecule has 9 heteroatoms. The first-order valence-electron chi connectivity index (χ1n) is 12.6. The van der Waals surface area contributed by atoms with Gasteiger partial charge in [0.2, 0.25) is 0 Å². The third kappa shape index (κ3) is 5.54. The fourth-order valence-electron chi connectivity index (χ4n) is 4.96. The molecule has 2 aliphatic rings. The molecule has 1 atom stereocenters. The number of aryl methyl sites for hydroxylation is 1. The van der Waals surface area contributed by atoms with E-state index < -0.39 is 11.7 Å². The Labute approximate surface area is 229 Å². The van der Waals surface area contributed by atoms with Gasteiger partial charge in [0.05, 0.1) is 16.2 Å². The number of likely N-dealkylation sites (N-methyl/N-ethyl adjacent to an activating group) is 1. The molecule has 5 rings (SSSR count). The van der Waals surface area contributed by atoms with E-state index in [-0.39, 0.29) is 17.9 Å². The van der Waals surface area contributed by atoms with Crippen LogP contribution in [0.4, 0.5) is 24.5 Å². The number of hydrogen-bond donors (Lipinski definition) is 0. The second-order valence-corrected chi connectivity index (χ2v) is 11.0. The van der Waals surface area contributed by atoms with Gasteiger partial charge < -0.3 is 14.7 Å². The summed E-state index contributed by atoms with van der Waals surface area (Å²) in [5.41, 5.74) is 3.26. The molecule has 39 heavy (non-hydrogen) atoms. The fraction of sp³-hybridized carbons (Fsp3) is 0.267. The van der Waals surface area contributed by atoms with Crippen LogP contribution in [0.2, 0.25) is 0 Å². The Hall–Kier alpha value is -3.72. The van der Waals surface area contributed by atoms with Crippen LogP contribution in [0.5, 0.6) is 0 Å². The Bertz CT molecular complexity index is 1450.